The molecule has 0 aliphatic carbocycles. The third-order valence-electron chi connectivity index (χ3n) is 4.49. The van der Waals surface area contributed by atoms with Crippen LogP contribution in [-0.2, 0) is 9.47 Å². The van der Waals surface area contributed by atoms with Crippen LogP contribution in [0.2, 0.25) is 0 Å². The number of aromatic nitrogens is 1. The lowest BCUT2D eigenvalue weighted by atomic mass is 9.96. The van der Waals surface area contributed by atoms with Crippen molar-refractivity contribution >= 4 is 17.6 Å². The molecule has 1 aliphatic heterocycles. The molecule has 8 heteroatoms. The number of anilines is 1. The summed E-state index contributed by atoms with van der Waals surface area (Å²) in [5.74, 6) is 2.45. The molecule has 1 aliphatic rings. The molecule has 0 amide bonds. The van der Waals surface area contributed by atoms with Gasteiger partial charge in [0.2, 0.25) is 0 Å². The van der Waals surface area contributed by atoms with Gasteiger partial charge in [-0.1, -0.05) is 12.1 Å². The molecular weight excluding hydrogens is 388 g/mol. The van der Waals surface area contributed by atoms with Gasteiger partial charge in [-0.05, 0) is 17.7 Å². The average molecular weight is 410 g/mol. The van der Waals surface area contributed by atoms with Gasteiger partial charge in [-0.25, -0.2) is 4.98 Å². The number of hydrogen-bond acceptors (Lipinski definition) is 8. The maximum absolute atomic E-state index is 9.88. The first-order chi connectivity index (χ1) is 14.2. The maximum Gasteiger partial charge on any atom is 0.145 e. The lowest BCUT2D eigenvalue weighted by Gasteiger charge is -2.25. The molecule has 2 heterocycles. The Hall–Kier alpha value is -2.78. The largest absolute Gasteiger partial charge is 0.491 e. The van der Waals surface area contributed by atoms with E-state index in [2.05, 4.69) is 22.4 Å². The van der Waals surface area contributed by atoms with E-state index < -0.39 is 0 Å². The van der Waals surface area contributed by atoms with Gasteiger partial charge in [-0.15, -0.1) is 11.8 Å². The van der Waals surface area contributed by atoms with E-state index in [1.807, 2.05) is 24.3 Å². The molecule has 0 spiro atoms. The molecule has 1 aromatic carbocycles. The number of thioether (sulfide) groups is 1. The van der Waals surface area contributed by atoms with E-state index in [4.69, 9.17) is 14.2 Å². The first-order valence-corrected chi connectivity index (χ1v) is 10.2. The highest BCUT2D eigenvalue weighted by atomic mass is 32.2. The van der Waals surface area contributed by atoms with Gasteiger partial charge in [0, 0.05) is 31.4 Å². The standard InChI is InChI=1S/C21H22N4O3S/c1-24-20-17(9-22)19(15-3-5-16(6-4-15)28-8-7-26-2)18(10-23)21(25-20)29-13-14-11-27-12-14/h3-6,14H,7-8,11-13H2,1-2H3,(H,24,25). The minimum Gasteiger partial charge on any atom is -0.491 e. The minimum absolute atomic E-state index is 0.355. The molecule has 0 bridgehead atoms. The van der Waals surface area contributed by atoms with E-state index in [-0.39, 0.29) is 0 Å². The number of rotatable bonds is 9. The van der Waals surface area contributed by atoms with Gasteiger partial charge in [0.25, 0.3) is 0 Å². The lowest BCUT2D eigenvalue weighted by Crippen LogP contribution is -2.29. The number of nitrogens with one attached hydrogen (secondary N) is 1. The number of pyridine rings is 1. The zero-order chi connectivity index (χ0) is 20.6. The zero-order valence-corrected chi connectivity index (χ0v) is 17.2. The van der Waals surface area contributed by atoms with Crippen LogP contribution in [0.1, 0.15) is 11.1 Å². The van der Waals surface area contributed by atoms with E-state index in [9.17, 15) is 10.5 Å². The predicted octanol–water partition coefficient (Wildman–Crippen LogP) is 3.30. The quantitative estimate of drug-likeness (QED) is 0.496. The van der Waals surface area contributed by atoms with Gasteiger partial charge in [-0.3, -0.25) is 0 Å². The Bertz CT molecular complexity index is 931. The minimum atomic E-state index is 0.355. The van der Waals surface area contributed by atoms with Crippen molar-refractivity contribution in [1.29, 1.82) is 10.5 Å². The van der Waals surface area contributed by atoms with Gasteiger partial charge in [0.1, 0.15) is 40.9 Å². The summed E-state index contributed by atoms with van der Waals surface area (Å²) in [4.78, 5) is 4.54. The van der Waals surface area contributed by atoms with Crippen molar-refractivity contribution in [2.75, 3.05) is 51.7 Å². The van der Waals surface area contributed by atoms with Crippen LogP contribution in [0.5, 0.6) is 5.75 Å². The molecule has 1 fully saturated rings. The van der Waals surface area contributed by atoms with Crippen molar-refractivity contribution in [3.8, 4) is 29.0 Å². The molecule has 0 atom stereocenters. The van der Waals surface area contributed by atoms with Gasteiger partial charge in [0.05, 0.1) is 25.4 Å². The summed E-state index contributed by atoms with van der Waals surface area (Å²) in [6.07, 6.45) is 0. The molecule has 0 saturated carbocycles. The second-order valence-corrected chi connectivity index (χ2v) is 7.45. The summed E-state index contributed by atoms with van der Waals surface area (Å²) in [6, 6.07) is 11.8. The molecule has 3 rings (SSSR count). The van der Waals surface area contributed by atoms with Crippen LogP contribution in [0.25, 0.3) is 11.1 Å². The highest BCUT2D eigenvalue weighted by molar-refractivity contribution is 7.99. The fraction of sp³-hybridized carbons (Fsp3) is 0.381. The van der Waals surface area contributed by atoms with Crippen molar-refractivity contribution < 1.29 is 14.2 Å². The Morgan fingerprint density at radius 1 is 1.17 bits per heavy atom. The van der Waals surface area contributed by atoms with Gasteiger partial charge in [0.15, 0.2) is 0 Å². The van der Waals surface area contributed by atoms with Crippen LogP contribution in [-0.4, -0.2) is 51.3 Å². The molecule has 1 N–H and O–H groups in total. The topological polar surface area (TPSA) is 100 Å². The summed E-state index contributed by atoms with van der Waals surface area (Å²) in [5, 5.41) is 23.3. The molecule has 0 unspecified atom stereocenters. The van der Waals surface area contributed by atoms with E-state index in [1.54, 1.807) is 14.2 Å². The monoisotopic (exact) mass is 410 g/mol. The van der Waals surface area contributed by atoms with Crippen LogP contribution >= 0.6 is 11.8 Å². The summed E-state index contributed by atoms with van der Waals surface area (Å²) < 4.78 is 15.8. The van der Waals surface area contributed by atoms with E-state index in [0.29, 0.717) is 52.4 Å². The number of nitrogens with zero attached hydrogens (tertiary/aromatic N) is 3. The Balaban J connectivity index is 1.98. The Morgan fingerprint density at radius 3 is 2.45 bits per heavy atom. The van der Waals surface area contributed by atoms with Crippen molar-refractivity contribution in [2.24, 2.45) is 5.92 Å². The van der Waals surface area contributed by atoms with Crippen molar-refractivity contribution in [2.45, 2.75) is 5.03 Å². The molecular formula is C21H22N4O3S. The zero-order valence-electron chi connectivity index (χ0n) is 16.4. The second-order valence-electron chi connectivity index (χ2n) is 6.44. The third kappa shape index (κ3) is 4.80. The van der Waals surface area contributed by atoms with Crippen LogP contribution in [0, 0.1) is 28.6 Å². The number of nitriles is 2. The summed E-state index contributed by atoms with van der Waals surface area (Å²) in [7, 11) is 3.34. The molecule has 7 nitrogen and oxygen atoms in total. The Kier molecular flexibility index (Phi) is 7.31. The summed E-state index contributed by atoms with van der Waals surface area (Å²) in [6.45, 7) is 2.43. The molecule has 2 aromatic rings. The van der Waals surface area contributed by atoms with Gasteiger partial charge in [-0.2, -0.15) is 10.5 Å². The molecule has 29 heavy (non-hydrogen) atoms. The van der Waals surface area contributed by atoms with Crippen LogP contribution in [0.4, 0.5) is 5.82 Å². The number of hydrogen-bond donors (Lipinski definition) is 1. The molecule has 0 radical (unpaired) electrons. The van der Waals surface area contributed by atoms with Crippen molar-refractivity contribution in [3.63, 3.8) is 0 Å². The first-order valence-electron chi connectivity index (χ1n) is 9.20. The van der Waals surface area contributed by atoms with Gasteiger partial charge < -0.3 is 19.5 Å². The van der Waals surface area contributed by atoms with E-state index in [1.165, 1.54) is 11.8 Å². The lowest BCUT2D eigenvalue weighted by molar-refractivity contribution is -0.0196. The van der Waals surface area contributed by atoms with E-state index >= 15 is 0 Å². The van der Waals surface area contributed by atoms with Crippen molar-refractivity contribution in [1.82, 2.24) is 4.98 Å². The Labute approximate surface area is 174 Å². The maximum atomic E-state index is 9.88. The Morgan fingerprint density at radius 2 is 1.90 bits per heavy atom. The second kappa shape index (κ2) is 10.1. The fourth-order valence-electron chi connectivity index (χ4n) is 2.89. The molecule has 1 aromatic heterocycles. The summed E-state index contributed by atoms with van der Waals surface area (Å²) >= 11 is 1.53. The molecule has 1 saturated heterocycles. The number of methoxy groups -OCH3 is 1. The highest BCUT2D eigenvalue weighted by Gasteiger charge is 2.24. The van der Waals surface area contributed by atoms with Crippen LogP contribution in [0.3, 0.4) is 0 Å². The third-order valence-corrected chi connectivity index (χ3v) is 5.69. The van der Waals surface area contributed by atoms with Crippen LogP contribution in [0.15, 0.2) is 29.3 Å². The summed E-state index contributed by atoms with van der Waals surface area (Å²) in [5.41, 5.74) is 2.13. The SMILES string of the molecule is CNc1nc(SCC2COC2)c(C#N)c(-c2ccc(OCCOC)cc2)c1C#N. The normalized spacial score (nSPS) is 13.2. The fourth-order valence-corrected chi connectivity index (χ4v) is 3.92. The van der Waals surface area contributed by atoms with Gasteiger partial charge >= 0.3 is 0 Å². The number of ether oxygens (including phenoxy) is 3. The van der Waals surface area contributed by atoms with Crippen molar-refractivity contribution in [3.05, 3.63) is 35.4 Å². The predicted molar refractivity (Wildman–Crippen MR) is 111 cm³/mol. The van der Waals surface area contributed by atoms with Crippen LogP contribution < -0.4 is 10.1 Å². The average Bonchev–Trinajstić information content (AvgIpc) is 2.72. The van der Waals surface area contributed by atoms with E-state index in [0.717, 1.165) is 24.5 Å². The smallest absolute Gasteiger partial charge is 0.145 e. The number of benzene rings is 1. The molecule has 150 valence electrons. The first kappa shape index (κ1) is 20.9. The highest BCUT2D eigenvalue weighted by Crippen LogP contribution is 2.37.